The van der Waals surface area contributed by atoms with E-state index in [4.69, 9.17) is 33.7 Å². The Morgan fingerprint density at radius 1 is 1.20 bits per heavy atom. The number of hydrogen-bond donors (Lipinski definition) is 1. The van der Waals surface area contributed by atoms with Crippen molar-refractivity contribution in [2.45, 2.75) is 38.4 Å². The van der Waals surface area contributed by atoms with Gasteiger partial charge in [0.05, 0.1) is 18.2 Å². The Morgan fingerprint density at radius 3 is 2.64 bits per heavy atom. The zero-order chi connectivity index (χ0) is 17.2. The maximum Gasteiger partial charge on any atom is 0.203 e. The fraction of sp³-hybridized carbons (Fsp3) is 0.556. The van der Waals surface area contributed by atoms with Crippen molar-refractivity contribution >= 4 is 23.8 Å². The molecule has 1 aliphatic carbocycles. The number of benzene rings is 1. The molecule has 2 fully saturated rings. The molecule has 134 valence electrons. The normalized spacial score (nSPS) is 19.6. The quantitative estimate of drug-likeness (QED) is 0.830. The third-order valence-electron chi connectivity index (χ3n) is 5.25. The van der Waals surface area contributed by atoms with Crippen molar-refractivity contribution in [3.05, 3.63) is 34.1 Å². The molecule has 5 nitrogen and oxygen atoms in total. The number of nitrogens with zero attached hydrogens (tertiary/aromatic N) is 3. The van der Waals surface area contributed by atoms with Gasteiger partial charge in [-0.05, 0) is 37.2 Å². The van der Waals surface area contributed by atoms with E-state index >= 15 is 0 Å². The van der Waals surface area contributed by atoms with Crippen LogP contribution in [0.4, 0.5) is 0 Å². The highest BCUT2D eigenvalue weighted by atomic mass is 35.5. The summed E-state index contributed by atoms with van der Waals surface area (Å²) >= 11 is 12.3. The summed E-state index contributed by atoms with van der Waals surface area (Å²) in [6, 6.07) is 8.36. The molecule has 2 aliphatic rings. The Balaban J connectivity index is 1.74. The van der Waals surface area contributed by atoms with Crippen molar-refractivity contribution in [2.24, 2.45) is 0 Å². The van der Waals surface area contributed by atoms with E-state index in [-0.39, 0.29) is 0 Å². The van der Waals surface area contributed by atoms with Gasteiger partial charge in [0.2, 0.25) is 4.77 Å². The maximum atomic E-state index is 6.47. The average molecular weight is 380 g/mol. The first-order chi connectivity index (χ1) is 12.2. The molecule has 0 amide bonds. The summed E-state index contributed by atoms with van der Waals surface area (Å²) < 4.78 is 10.5. The van der Waals surface area contributed by atoms with Gasteiger partial charge in [-0.25, -0.2) is 0 Å². The minimum absolute atomic E-state index is 0.437. The van der Waals surface area contributed by atoms with Crippen molar-refractivity contribution in [1.29, 1.82) is 0 Å². The minimum atomic E-state index is 0.437. The second-order valence-electron chi connectivity index (χ2n) is 6.91. The van der Waals surface area contributed by atoms with E-state index in [1.165, 1.54) is 30.6 Å². The number of quaternary nitrogens is 1. The molecule has 0 spiro atoms. The number of rotatable bonds is 4. The lowest BCUT2D eigenvalue weighted by Gasteiger charge is -2.23. The molecule has 0 unspecified atom stereocenters. The number of ether oxygens (including phenoxy) is 1. The average Bonchev–Trinajstić information content (AvgIpc) is 3.25. The lowest BCUT2D eigenvalue weighted by Crippen LogP contribution is -3.13. The first-order valence-electron chi connectivity index (χ1n) is 9.09. The molecule has 25 heavy (non-hydrogen) atoms. The van der Waals surface area contributed by atoms with Gasteiger partial charge in [-0.3, -0.25) is 4.57 Å². The number of hydrogen-bond acceptors (Lipinski definition) is 3. The van der Waals surface area contributed by atoms with Crippen LogP contribution < -0.4 is 4.90 Å². The van der Waals surface area contributed by atoms with Gasteiger partial charge in [-0.15, -0.1) is 5.10 Å². The second kappa shape index (κ2) is 7.58. The molecule has 2 heterocycles. The number of aromatic nitrogens is 3. The summed E-state index contributed by atoms with van der Waals surface area (Å²) in [7, 11) is 0. The van der Waals surface area contributed by atoms with Gasteiger partial charge in [-0.1, -0.05) is 36.6 Å². The van der Waals surface area contributed by atoms with Crippen molar-refractivity contribution in [3.8, 4) is 11.4 Å². The number of halogens is 1. The highest BCUT2D eigenvalue weighted by Crippen LogP contribution is 2.35. The molecule has 1 saturated heterocycles. The molecule has 2 aromatic rings. The maximum absolute atomic E-state index is 6.47. The lowest BCUT2D eigenvalue weighted by molar-refractivity contribution is -0.930. The van der Waals surface area contributed by atoms with E-state index in [9.17, 15) is 0 Å². The van der Waals surface area contributed by atoms with Crippen LogP contribution >= 0.6 is 23.8 Å². The van der Waals surface area contributed by atoms with Crippen LogP contribution in [0.2, 0.25) is 5.02 Å². The Kier molecular flexibility index (Phi) is 5.22. The standard InChI is InChI=1S/C18H23ClN4OS/c19-16-8-4-3-7-15(16)17-20-22(13-21-9-11-24-12-10-21)18(25)23(17)14-5-1-2-6-14/h3-4,7-8,14H,1-2,5-6,9-13H2/p+1. The van der Waals surface area contributed by atoms with Crippen LogP contribution in [0.3, 0.4) is 0 Å². The topological polar surface area (TPSA) is 36.4 Å². The summed E-state index contributed by atoms with van der Waals surface area (Å²) in [5.74, 6) is 0.912. The minimum Gasteiger partial charge on any atom is -0.370 e. The summed E-state index contributed by atoms with van der Waals surface area (Å²) in [6.45, 7) is 4.41. The van der Waals surface area contributed by atoms with Gasteiger partial charge in [0.25, 0.3) is 0 Å². The molecule has 7 heteroatoms. The van der Waals surface area contributed by atoms with Crippen LogP contribution in [0.1, 0.15) is 31.7 Å². The summed E-state index contributed by atoms with van der Waals surface area (Å²) in [5, 5.41) is 5.64. The van der Waals surface area contributed by atoms with Crippen LogP contribution in [0, 0.1) is 4.77 Å². The lowest BCUT2D eigenvalue weighted by atomic mass is 10.2. The molecule has 0 atom stereocenters. The molecule has 0 radical (unpaired) electrons. The SMILES string of the molecule is S=c1n(C[NH+]2CCOCC2)nc(-c2ccccc2Cl)n1C1CCCC1. The van der Waals surface area contributed by atoms with E-state index in [1.54, 1.807) is 0 Å². The Bertz CT molecular complexity index is 791. The largest absolute Gasteiger partial charge is 0.370 e. The van der Waals surface area contributed by atoms with Gasteiger partial charge in [0, 0.05) is 11.6 Å². The fourth-order valence-electron chi connectivity index (χ4n) is 3.87. The highest BCUT2D eigenvalue weighted by Gasteiger charge is 2.26. The number of nitrogens with one attached hydrogen (secondary N) is 1. The predicted molar refractivity (Wildman–Crippen MR) is 101 cm³/mol. The summed E-state index contributed by atoms with van der Waals surface area (Å²) in [5.41, 5.74) is 0.970. The first-order valence-corrected chi connectivity index (χ1v) is 9.88. The Hall–Kier alpha value is -1.21. The monoisotopic (exact) mass is 379 g/mol. The van der Waals surface area contributed by atoms with E-state index in [2.05, 4.69) is 4.57 Å². The Morgan fingerprint density at radius 2 is 1.92 bits per heavy atom. The van der Waals surface area contributed by atoms with Crippen LogP contribution in [0.25, 0.3) is 11.4 Å². The summed E-state index contributed by atoms with van der Waals surface area (Å²) in [4.78, 5) is 1.46. The molecule has 4 rings (SSSR count). The third kappa shape index (κ3) is 3.53. The van der Waals surface area contributed by atoms with Gasteiger partial charge in [0.15, 0.2) is 12.5 Å². The van der Waals surface area contributed by atoms with Gasteiger partial charge >= 0.3 is 0 Å². The molecule has 0 bridgehead atoms. The summed E-state index contributed by atoms with van der Waals surface area (Å²) in [6.07, 6.45) is 4.85. The van der Waals surface area contributed by atoms with Crippen LogP contribution in [0.5, 0.6) is 0 Å². The zero-order valence-electron chi connectivity index (χ0n) is 14.3. The van der Waals surface area contributed by atoms with Crippen LogP contribution in [-0.2, 0) is 11.4 Å². The molecule has 1 N–H and O–H groups in total. The molecular formula is C18H24ClN4OS+. The molecule has 1 saturated carbocycles. The zero-order valence-corrected chi connectivity index (χ0v) is 15.9. The van der Waals surface area contributed by atoms with Crippen molar-refractivity contribution in [2.75, 3.05) is 26.3 Å². The molecule has 1 aromatic heterocycles. The molecule has 1 aromatic carbocycles. The van der Waals surface area contributed by atoms with E-state index in [1.807, 2.05) is 28.9 Å². The molecular weight excluding hydrogens is 356 g/mol. The predicted octanol–water partition coefficient (Wildman–Crippen LogP) is 2.72. The van der Waals surface area contributed by atoms with Gasteiger partial charge in [0.1, 0.15) is 13.1 Å². The van der Waals surface area contributed by atoms with E-state index in [0.717, 1.165) is 54.2 Å². The van der Waals surface area contributed by atoms with E-state index < -0.39 is 0 Å². The fourth-order valence-corrected chi connectivity index (χ4v) is 4.43. The van der Waals surface area contributed by atoms with Gasteiger partial charge in [-0.2, -0.15) is 4.68 Å². The van der Waals surface area contributed by atoms with Crippen LogP contribution in [0.15, 0.2) is 24.3 Å². The van der Waals surface area contributed by atoms with Crippen LogP contribution in [-0.4, -0.2) is 40.7 Å². The van der Waals surface area contributed by atoms with Crippen molar-refractivity contribution in [3.63, 3.8) is 0 Å². The van der Waals surface area contributed by atoms with Crippen molar-refractivity contribution in [1.82, 2.24) is 14.3 Å². The highest BCUT2D eigenvalue weighted by molar-refractivity contribution is 7.71. The third-order valence-corrected chi connectivity index (χ3v) is 5.99. The number of morpholine rings is 1. The van der Waals surface area contributed by atoms with E-state index in [0.29, 0.717) is 6.04 Å². The van der Waals surface area contributed by atoms with Gasteiger partial charge < -0.3 is 9.64 Å². The second-order valence-corrected chi connectivity index (χ2v) is 7.69. The molecule has 1 aliphatic heterocycles. The first kappa shape index (κ1) is 17.2. The van der Waals surface area contributed by atoms with Crippen molar-refractivity contribution < 1.29 is 9.64 Å². The smallest absolute Gasteiger partial charge is 0.203 e. The Labute approximate surface area is 158 Å².